The van der Waals surface area contributed by atoms with Gasteiger partial charge in [0.25, 0.3) is 0 Å². The molecule has 0 aliphatic carbocycles. The Morgan fingerprint density at radius 3 is 1.58 bits per heavy atom. The first-order chi connectivity index (χ1) is 12.7. The molecular weight excluding hydrogens is 338 g/mol. The summed E-state index contributed by atoms with van der Waals surface area (Å²) in [4.78, 5) is 21.7. The lowest BCUT2D eigenvalue weighted by Gasteiger charge is -2.07. The van der Waals surface area contributed by atoms with E-state index in [2.05, 4.69) is 5.32 Å². The second kappa shape index (κ2) is 28.8. The van der Waals surface area contributed by atoms with E-state index in [9.17, 15) is 9.59 Å². The maximum absolute atomic E-state index is 11.1. The summed E-state index contributed by atoms with van der Waals surface area (Å²) in [6.45, 7) is 15.4. The van der Waals surface area contributed by atoms with Gasteiger partial charge in [-0.15, -0.1) is 0 Å². The lowest BCUT2D eigenvalue weighted by molar-refractivity contribution is -0.122. The highest BCUT2D eigenvalue weighted by Gasteiger charge is 1.97. The number of ketones is 1. The number of ether oxygens (including phenoxy) is 4. The van der Waals surface area contributed by atoms with Crippen molar-refractivity contribution in [2.75, 3.05) is 59.4 Å². The molecule has 0 aromatic rings. The van der Waals surface area contributed by atoms with Gasteiger partial charge in [-0.2, -0.15) is 0 Å². The minimum atomic E-state index is 0.00765. The first kappa shape index (κ1) is 29.7. The molecule has 26 heavy (non-hydrogen) atoms. The van der Waals surface area contributed by atoms with Crippen LogP contribution in [-0.4, -0.2) is 71.1 Å². The van der Waals surface area contributed by atoms with Crippen molar-refractivity contribution in [3.05, 3.63) is 0 Å². The van der Waals surface area contributed by atoms with Crippen molar-refractivity contribution in [1.29, 1.82) is 0 Å². The lowest BCUT2D eigenvalue weighted by atomic mass is 10.3. The van der Waals surface area contributed by atoms with Crippen molar-refractivity contribution in [2.45, 2.75) is 54.4 Å². The van der Waals surface area contributed by atoms with Crippen LogP contribution in [-0.2, 0) is 28.5 Å². The Labute approximate surface area is 160 Å². The van der Waals surface area contributed by atoms with Crippen LogP contribution in [0.4, 0.5) is 0 Å². The zero-order valence-corrected chi connectivity index (χ0v) is 17.7. The lowest BCUT2D eigenvalue weighted by Crippen LogP contribution is -2.27. The summed E-state index contributed by atoms with van der Waals surface area (Å²) in [7, 11) is 0. The molecule has 0 aliphatic rings. The van der Waals surface area contributed by atoms with Crippen molar-refractivity contribution in [3.63, 3.8) is 0 Å². The van der Waals surface area contributed by atoms with Crippen molar-refractivity contribution in [3.8, 4) is 0 Å². The van der Waals surface area contributed by atoms with Gasteiger partial charge >= 0.3 is 0 Å². The van der Waals surface area contributed by atoms with E-state index in [1.807, 2.05) is 34.6 Å². The summed E-state index contributed by atoms with van der Waals surface area (Å²) in [5.41, 5.74) is 0. The van der Waals surface area contributed by atoms with E-state index in [0.717, 1.165) is 6.42 Å². The van der Waals surface area contributed by atoms with Crippen LogP contribution in [0.1, 0.15) is 54.4 Å². The predicted molar refractivity (Wildman–Crippen MR) is 105 cm³/mol. The summed E-state index contributed by atoms with van der Waals surface area (Å²) in [5, 5.41) is 2.77. The number of carbonyl (C=O) groups excluding carboxylic acids is 2. The van der Waals surface area contributed by atoms with Gasteiger partial charge < -0.3 is 24.3 Å². The molecule has 7 nitrogen and oxygen atoms in total. The molecule has 0 atom stereocenters. The number of hydrogen-bond donors (Lipinski definition) is 1. The van der Waals surface area contributed by atoms with Gasteiger partial charge in [-0.25, -0.2) is 0 Å². The number of carbonyl (C=O) groups is 2. The Bertz CT molecular complexity index is 287. The highest BCUT2D eigenvalue weighted by atomic mass is 16.6. The second-order valence-corrected chi connectivity index (χ2v) is 4.69. The van der Waals surface area contributed by atoms with E-state index in [4.69, 9.17) is 18.9 Å². The fourth-order valence-electron chi connectivity index (χ4n) is 1.45. The van der Waals surface area contributed by atoms with Crippen molar-refractivity contribution < 1.29 is 28.5 Å². The topological polar surface area (TPSA) is 83.1 Å². The number of rotatable bonds is 16. The summed E-state index contributed by atoms with van der Waals surface area (Å²) in [5.74, 6) is 0.0695. The predicted octanol–water partition coefficient (Wildman–Crippen LogP) is 2.61. The average Bonchev–Trinajstić information content (AvgIpc) is 2.65. The fraction of sp³-hybridized carbons (Fsp3) is 0.895. The van der Waals surface area contributed by atoms with E-state index in [1.165, 1.54) is 6.92 Å². The Kier molecular flexibility index (Phi) is 32.9. The van der Waals surface area contributed by atoms with Crippen LogP contribution in [0.25, 0.3) is 0 Å². The maximum Gasteiger partial charge on any atom is 0.220 e. The Morgan fingerprint density at radius 1 is 0.731 bits per heavy atom. The molecule has 1 amide bonds. The zero-order valence-electron chi connectivity index (χ0n) is 17.7. The zero-order chi connectivity index (χ0) is 20.5. The Hall–Kier alpha value is -1.02. The quantitative estimate of drug-likeness (QED) is 0.415. The maximum atomic E-state index is 11.1. The third-order valence-corrected chi connectivity index (χ3v) is 2.47. The molecule has 7 heteroatoms. The molecular formula is C19H41NO6. The van der Waals surface area contributed by atoms with Crippen molar-refractivity contribution in [2.24, 2.45) is 0 Å². The van der Waals surface area contributed by atoms with Crippen LogP contribution < -0.4 is 5.32 Å². The van der Waals surface area contributed by atoms with Crippen LogP contribution >= 0.6 is 0 Å². The summed E-state index contributed by atoms with van der Waals surface area (Å²) >= 11 is 0. The van der Waals surface area contributed by atoms with Gasteiger partial charge in [0.2, 0.25) is 5.91 Å². The van der Waals surface area contributed by atoms with Crippen LogP contribution in [0.15, 0.2) is 0 Å². The van der Waals surface area contributed by atoms with Gasteiger partial charge in [0, 0.05) is 13.0 Å². The molecule has 0 aromatic carbocycles. The first-order valence-electron chi connectivity index (χ1n) is 9.74. The van der Waals surface area contributed by atoms with Crippen LogP contribution in [0.2, 0.25) is 0 Å². The normalized spacial score (nSPS) is 9.46. The Morgan fingerprint density at radius 2 is 1.15 bits per heavy atom. The van der Waals surface area contributed by atoms with Gasteiger partial charge in [-0.1, -0.05) is 34.6 Å². The summed E-state index contributed by atoms with van der Waals surface area (Å²) in [6, 6.07) is 0. The molecule has 0 heterocycles. The number of hydrogen-bond acceptors (Lipinski definition) is 6. The molecule has 1 N–H and O–H groups in total. The van der Waals surface area contributed by atoms with E-state index in [0.29, 0.717) is 59.2 Å². The number of amides is 1. The third-order valence-electron chi connectivity index (χ3n) is 2.47. The summed E-state index contributed by atoms with van der Waals surface area (Å²) < 4.78 is 20.9. The molecule has 0 saturated carbocycles. The van der Waals surface area contributed by atoms with E-state index >= 15 is 0 Å². The molecule has 0 fully saturated rings. The number of Topliss-reactive ketones (excluding diaryl/α,β-unsaturated/α-hetero) is 1. The summed E-state index contributed by atoms with van der Waals surface area (Å²) in [6.07, 6.45) is 1.41. The van der Waals surface area contributed by atoms with Gasteiger partial charge in [0.1, 0.15) is 6.61 Å². The molecule has 158 valence electrons. The monoisotopic (exact) mass is 379 g/mol. The molecule has 0 radical (unpaired) electrons. The first-order valence-corrected chi connectivity index (χ1v) is 9.74. The van der Waals surface area contributed by atoms with E-state index in [-0.39, 0.29) is 18.3 Å². The molecule has 0 spiro atoms. The van der Waals surface area contributed by atoms with Crippen molar-refractivity contribution in [1.82, 2.24) is 5.32 Å². The van der Waals surface area contributed by atoms with Gasteiger partial charge in [0.15, 0.2) is 5.78 Å². The van der Waals surface area contributed by atoms with Crippen LogP contribution in [0.3, 0.4) is 0 Å². The van der Waals surface area contributed by atoms with Crippen molar-refractivity contribution >= 4 is 11.7 Å². The minimum absolute atomic E-state index is 0.00765. The molecule has 0 saturated heterocycles. The molecule has 0 aliphatic heterocycles. The minimum Gasteiger partial charge on any atom is -0.377 e. The van der Waals surface area contributed by atoms with Gasteiger partial charge in [0.05, 0.1) is 46.2 Å². The molecule has 0 rings (SSSR count). The standard InChI is InChI=1S/C15H29NO6.2C2H6/c1-3-4-15(18)16-5-6-19-7-8-20-9-10-21-11-12-22-13-14(2)17;2*1-2/h3-13H2,1-2H3,(H,16,18);2*1-2H3. The van der Waals surface area contributed by atoms with Crippen LogP contribution in [0.5, 0.6) is 0 Å². The second-order valence-electron chi connectivity index (χ2n) is 4.69. The third kappa shape index (κ3) is 30.8. The van der Waals surface area contributed by atoms with E-state index in [1.54, 1.807) is 0 Å². The van der Waals surface area contributed by atoms with Gasteiger partial charge in [-0.05, 0) is 13.3 Å². The largest absolute Gasteiger partial charge is 0.377 e. The molecule has 0 bridgehead atoms. The number of nitrogens with one attached hydrogen (secondary N) is 1. The smallest absolute Gasteiger partial charge is 0.220 e. The highest BCUT2D eigenvalue weighted by molar-refractivity contribution is 5.76. The Balaban J connectivity index is -0.00000123. The molecule has 0 unspecified atom stereocenters. The molecule has 0 aromatic heterocycles. The fourth-order valence-corrected chi connectivity index (χ4v) is 1.45. The van der Waals surface area contributed by atoms with Gasteiger partial charge in [-0.3, -0.25) is 9.59 Å². The average molecular weight is 380 g/mol. The van der Waals surface area contributed by atoms with Crippen LogP contribution in [0, 0.1) is 0 Å². The SMILES string of the molecule is CC.CC.CCCC(=O)NCCOCCOCCOCCOCC(C)=O. The van der Waals surface area contributed by atoms with E-state index < -0.39 is 0 Å². The highest BCUT2D eigenvalue weighted by Crippen LogP contribution is 1.85.